The summed E-state index contributed by atoms with van der Waals surface area (Å²) in [6.07, 6.45) is 5.84. The Hall–Kier alpha value is -2.51. The summed E-state index contributed by atoms with van der Waals surface area (Å²) in [6, 6.07) is 12.1. The highest BCUT2D eigenvalue weighted by Crippen LogP contribution is 2.35. The van der Waals surface area contributed by atoms with Crippen LogP contribution in [0.15, 0.2) is 58.6 Å². The number of para-hydroxylation sites is 1. The van der Waals surface area contributed by atoms with Gasteiger partial charge in [0, 0.05) is 16.8 Å². The normalized spacial score (nSPS) is 13.6. The molecule has 0 N–H and O–H groups in total. The minimum absolute atomic E-state index is 0.178. The summed E-state index contributed by atoms with van der Waals surface area (Å²) in [5.74, 6) is 0.123. The summed E-state index contributed by atoms with van der Waals surface area (Å²) >= 11 is 3.02. The second kappa shape index (κ2) is 7.72. The van der Waals surface area contributed by atoms with Gasteiger partial charge in [-0.05, 0) is 55.5 Å². The van der Waals surface area contributed by atoms with Crippen molar-refractivity contribution < 1.29 is 4.39 Å². The number of rotatable bonds is 4. The van der Waals surface area contributed by atoms with E-state index >= 15 is 0 Å². The molecule has 29 heavy (non-hydrogen) atoms. The van der Waals surface area contributed by atoms with Crippen LogP contribution >= 0.6 is 23.1 Å². The number of hydrogen-bond donors (Lipinski definition) is 0. The largest absolute Gasteiger partial charge is 0.268 e. The van der Waals surface area contributed by atoms with Crippen LogP contribution in [-0.4, -0.2) is 14.5 Å². The Morgan fingerprint density at radius 2 is 1.93 bits per heavy atom. The van der Waals surface area contributed by atoms with Crippen LogP contribution in [-0.2, 0) is 18.6 Å². The van der Waals surface area contributed by atoms with E-state index in [4.69, 9.17) is 4.98 Å². The van der Waals surface area contributed by atoms with Crippen LogP contribution in [0.3, 0.4) is 0 Å². The molecule has 7 heteroatoms. The fourth-order valence-electron chi connectivity index (χ4n) is 3.75. The van der Waals surface area contributed by atoms with Gasteiger partial charge in [0.25, 0.3) is 5.56 Å². The third-order valence-electron chi connectivity index (χ3n) is 5.13. The van der Waals surface area contributed by atoms with Gasteiger partial charge in [0.15, 0.2) is 5.16 Å². The predicted molar refractivity (Wildman–Crippen MR) is 116 cm³/mol. The molecule has 1 aliphatic rings. The number of hydrogen-bond acceptors (Lipinski definition) is 5. The molecule has 0 amide bonds. The average Bonchev–Trinajstić information content (AvgIpc) is 3.12. The lowest BCUT2D eigenvalue weighted by Crippen LogP contribution is -2.23. The smallest absolute Gasteiger partial charge is 0.267 e. The van der Waals surface area contributed by atoms with Gasteiger partial charge < -0.3 is 0 Å². The monoisotopic (exact) mass is 423 g/mol. The van der Waals surface area contributed by atoms with Crippen LogP contribution in [0.4, 0.5) is 4.39 Å². The van der Waals surface area contributed by atoms with Gasteiger partial charge in [-0.1, -0.05) is 30.0 Å². The third-order valence-corrected chi connectivity index (χ3v) is 7.28. The van der Waals surface area contributed by atoms with Crippen molar-refractivity contribution in [3.8, 4) is 5.69 Å². The molecule has 0 unspecified atom stereocenters. The Labute approximate surface area is 175 Å². The molecule has 0 fully saturated rings. The molecule has 4 nitrogen and oxygen atoms in total. The highest BCUT2D eigenvalue weighted by molar-refractivity contribution is 7.98. The number of halogens is 1. The Morgan fingerprint density at radius 3 is 2.76 bits per heavy atom. The first-order valence-corrected chi connectivity index (χ1v) is 11.4. The first-order chi connectivity index (χ1) is 14.2. The minimum Gasteiger partial charge on any atom is -0.268 e. The number of thioether (sulfide) groups is 1. The maximum Gasteiger partial charge on any atom is 0.267 e. The van der Waals surface area contributed by atoms with E-state index in [1.54, 1.807) is 35.7 Å². The summed E-state index contributed by atoms with van der Waals surface area (Å²) in [5, 5.41) is 1.16. The molecule has 0 saturated heterocycles. The molecule has 1 aliphatic carbocycles. The predicted octanol–water partition coefficient (Wildman–Crippen LogP) is 5.15. The lowest BCUT2D eigenvalue weighted by atomic mass is 9.97. The maximum atomic E-state index is 14.7. The van der Waals surface area contributed by atoms with Crippen LogP contribution in [0.5, 0.6) is 0 Å². The van der Waals surface area contributed by atoms with E-state index in [9.17, 15) is 9.18 Å². The Morgan fingerprint density at radius 1 is 1.10 bits per heavy atom. The van der Waals surface area contributed by atoms with Crippen molar-refractivity contribution in [1.29, 1.82) is 0 Å². The van der Waals surface area contributed by atoms with Gasteiger partial charge in [0.1, 0.15) is 10.6 Å². The number of aromatic nitrogens is 3. The number of fused-ring (bicyclic) bond motifs is 3. The zero-order valence-electron chi connectivity index (χ0n) is 15.6. The molecule has 0 saturated carbocycles. The molecule has 0 atom stereocenters. The van der Waals surface area contributed by atoms with Gasteiger partial charge in [0.2, 0.25) is 0 Å². The van der Waals surface area contributed by atoms with E-state index in [2.05, 4.69) is 4.98 Å². The molecule has 5 rings (SSSR count). The van der Waals surface area contributed by atoms with Crippen molar-refractivity contribution in [3.05, 3.63) is 81.0 Å². The standard InChI is InChI=1S/C22H18FN3OS2/c23-16-9-2-3-10-17(16)26-21(27)19-15-8-1-4-11-18(15)29-20(19)25-22(26)28-13-14-7-5-6-12-24-14/h2-3,5-7,9-10,12H,1,4,8,11,13H2. The van der Waals surface area contributed by atoms with Crippen molar-refractivity contribution in [2.75, 3.05) is 0 Å². The highest BCUT2D eigenvalue weighted by Gasteiger charge is 2.23. The molecule has 146 valence electrons. The van der Waals surface area contributed by atoms with Gasteiger partial charge >= 0.3 is 0 Å². The van der Waals surface area contributed by atoms with Crippen LogP contribution in [0, 0.1) is 5.82 Å². The first kappa shape index (κ1) is 18.5. The molecule has 4 aromatic rings. The summed E-state index contributed by atoms with van der Waals surface area (Å²) in [4.78, 5) is 24.8. The summed E-state index contributed by atoms with van der Waals surface area (Å²) in [7, 11) is 0. The third kappa shape index (κ3) is 3.38. The Balaban J connectivity index is 1.70. The fourth-order valence-corrected chi connectivity index (χ4v) is 5.97. The molecule has 0 spiro atoms. The summed E-state index contributed by atoms with van der Waals surface area (Å²) in [6.45, 7) is 0. The Kier molecular flexibility index (Phi) is 4.93. The number of benzene rings is 1. The lowest BCUT2D eigenvalue weighted by molar-refractivity contribution is 0.608. The van der Waals surface area contributed by atoms with Crippen molar-refractivity contribution in [2.24, 2.45) is 0 Å². The van der Waals surface area contributed by atoms with E-state index in [1.807, 2.05) is 18.2 Å². The summed E-state index contributed by atoms with van der Waals surface area (Å²) in [5.41, 5.74) is 2.06. The first-order valence-electron chi connectivity index (χ1n) is 9.57. The molecule has 3 aromatic heterocycles. The van der Waals surface area contributed by atoms with Gasteiger partial charge in [-0.15, -0.1) is 11.3 Å². The van der Waals surface area contributed by atoms with Gasteiger partial charge in [-0.3, -0.25) is 14.3 Å². The van der Waals surface area contributed by atoms with Crippen LogP contribution in [0.2, 0.25) is 0 Å². The van der Waals surface area contributed by atoms with Gasteiger partial charge in [-0.25, -0.2) is 9.37 Å². The molecule has 0 radical (unpaired) electrons. The van der Waals surface area contributed by atoms with Crippen molar-refractivity contribution in [2.45, 2.75) is 36.6 Å². The number of thiophene rings is 1. The molecule has 1 aromatic carbocycles. The van der Waals surface area contributed by atoms with Crippen LogP contribution in [0.25, 0.3) is 15.9 Å². The SMILES string of the molecule is O=c1c2c3c(sc2nc(SCc2ccccn2)n1-c1ccccc1F)CCCC3. The molecule has 3 heterocycles. The lowest BCUT2D eigenvalue weighted by Gasteiger charge is -2.14. The van der Waals surface area contributed by atoms with Gasteiger partial charge in [0.05, 0.1) is 16.8 Å². The average molecular weight is 424 g/mol. The highest BCUT2D eigenvalue weighted by atomic mass is 32.2. The fraction of sp³-hybridized carbons (Fsp3) is 0.227. The van der Waals surface area contributed by atoms with E-state index in [0.29, 0.717) is 16.3 Å². The minimum atomic E-state index is -0.431. The Bertz CT molecular complexity index is 1250. The zero-order valence-corrected chi connectivity index (χ0v) is 17.2. The van der Waals surface area contributed by atoms with E-state index in [1.165, 1.54) is 27.3 Å². The number of nitrogens with zero attached hydrogens (tertiary/aromatic N) is 3. The van der Waals surface area contributed by atoms with Crippen molar-refractivity contribution in [1.82, 2.24) is 14.5 Å². The maximum absolute atomic E-state index is 14.7. The van der Waals surface area contributed by atoms with Crippen molar-refractivity contribution >= 4 is 33.3 Å². The number of pyridine rings is 1. The zero-order chi connectivity index (χ0) is 19.8. The van der Waals surface area contributed by atoms with E-state index in [0.717, 1.165) is 41.8 Å². The van der Waals surface area contributed by atoms with Crippen molar-refractivity contribution in [3.63, 3.8) is 0 Å². The van der Waals surface area contributed by atoms with Crippen LogP contribution < -0.4 is 5.56 Å². The van der Waals surface area contributed by atoms with E-state index in [-0.39, 0.29) is 11.2 Å². The summed E-state index contributed by atoms with van der Waals surface area (Å²) < 4.78 is 16.1. The molecular formula is C22H18FN3OS2. The topological polar surface area (TPSA) is 47.8 Å². The molecule has 0 aliphatic heterocycles. The second-order valence-electron chi connectivity index (χ2n) is 6.99. The number of aryl methyl sites for hydroxylation is 2. The van der Waals surface area contributed by atoms with E-state index < -0.39 is 5.82 Å². The van der Waals surface area contributed by atoms with Crippen LogP contribution in [0.1, 0.15) is 29.0 Å². The van der Waals surface area contributed by atoms with Gasteiger partial charge in [-0.2, -0.15) is 0 Å². The quantitative estimate of drug-likeness (QED) is 0.336. The second-order valence-corrected chi connectivity index (χ2v) is 9.01. The molecular weight excluding hydrogens is 405 g/mol. The molecule has 0 bridgehead atoms.